The van der Waals surface area contributed by atoms with Crippen molar-refractivity contribution in [2.45, 2.75) is 20.4 Å². The number of hydrogen-bond donors (Lipinski definition) is 1. The molecule has 58 valence electrons. The molecule has 0 aliphatic heterocycles. The van der Waals surface area contributed by atoms with Crippen LogP contribution in [0.15, 0.2) is 0 Å². The van der Waals surface area contributed by atoms with E-state index >= 15 is 0 Å². The molecule has 4 nitrogen and oxygen atoms in total. The minimum Gasteiger partial charge on any atom is -0.381 e. The van der Waals surface area contributed by atoms with Gasteiger partial charge in [-0.1, -0.05) is 0 Å². The van der Waals surface area contributed by atoms with Crippen molar-refractivity contribution in [1.82, 2.24) is 9.78 Å². The van der Waals surface area contributed by atoms with Gasteiger partial charge in [0.05, 0.1) is 5.69 Å². The smallest absolute Gasteiger partial charge is 0.163 e. The van der Waals surface area contributed by atoms with Crippen molar-refractivity contribution in [2.75, 3.05) is 5.73 Å². The third-order valence-corrected chi connectivity index (χ3v) is 1.64. The number of anilines is 1. The first-order valence-corrected chi connectivity index (χ1v) is 3.43. The molecule has 0 fully saturated rings. The van der Waals surface area contributed by atoms with Crippen molar-refractivity contribution < 1.29 is 0 Å². The van der Waals surface area contributed by atoms with Gasteiger partial charge in [-0.2, -0.15) is 10.4 Å². The molecule has 2 N–H and O–H groups in total. The molecule has 0 aromatic carbocycles. The zero-order chi connectivity index (χ0) is 8.43. The molecule has 1 rings (SSSR count). The minimum absolute atomic E-state index is 0.326. The molecular weight excluding hydrogens is 140 g/mol. The summed E-state index contributed by atoms with van der Waals surface area (Å²) >= 11 is 0. The summed E-state index contributed by atoms with van der Waals surface area (Å²) in [5, 5.41) is 12.6. The Kier molecular flexibility index (Phi) is 1.81. The summed E-state index contributed by atoms with van der Waals surface area (Å²) in [6, 6.07) is 2.01. The van der Waals surface area contributed by atoms with Crippen molar-refractivity contribution in [3.63, 3.8) is 0 Å². The Morgan fingerprint density at radius 2 is 2.36 bits per heavy atom. The first kappa shape index (κ1) is 7.61. The molecule has 1 heterocycles. The van der Waals surface area contributed by atoms with Crippen molar-refractivity contribution in [2.24, 2.45) is 0 Å². The van der Waals surface area contributed by atoms with E-state index in [2.05, 4.69) is 5.10 Å². The van der Waals surface area contributed by atoms with Gasteiger partial charge in [0.2, 0.25) is 0 Å². The van der Waals surface area contributed by atoms with Gasteiger partial charge in [0.15, 0.2) is 5.82 Å². The van der Waals surface area contributed by atoms with Gasteiger partial charge < -0.3 is 5.73 Å². The number of nitrogens with zero attached hydrogens (tertiary/aromatic N) is 3. The maximum Gasteiger partial charge on any atom is 0.163 e. The van der Waals surface area contributed by atoms with E-state index in [9.17, 15) is 0 Å². The molecule has 0 aliphatic carbocycles. The van der Waals surface area contributed by atoms with Crippen LogP contribution in [0.4, 0.5) is 5.82 Å². The van der Waals surface area contributed by atoms with Gasteiger partial charge in [0, 0.05) is 6.54 Å². The third-order valence-electron chi connectivity index (χ3n) is 1.64. The molecule has 0 bridgehead atoms. The number of nitrogen functional groups attached to an aromatic ring is 1. The fourth-order valence-corrected chi connectivity index (χ4v) is 1.02. The highest BCUT2D eigenvalue weighted by molar-refractivity contribution is 5.50. The molecule has 0 aliphatic rings. The Labute approximate surface area is 65.2 Å². The molecule has 0 saturated heterocycles. The lowest BCUT2D eigenvalue weighted by atomic mass is 10.3. The highest BCUT2D eigenvalue weighted by Gasteiger charge is 2.09. The van der Waals surface area contributed by atoms with E-state index in [1.54, 1.807) is 4.68 Å². The molecule has 1 aromatic rings. The predicted octanol–water partition coefficient (Wildman–Crippen LogP) is 0.665. The van der Waals surface area contributed by atoms with E-state index in [-0.39, 0.29) is 0 Å². The zero-order valence-electron chi connectivity index (χ0n) is 6.63. The number of rotatable bonds is 1. The quantitative estimate of drug-likeness (QED) is 0.639. The molecule has 0 unspecified atom stereocenters. The Morgan fingerprint density at radius 1 is 1.73 bits per heavy atom. The summed E-state index contributed by atoms with van der Waals surface area (Å²) in [5.41, 5.74) is 6.81. The van der Waals surface area contributed by atoms with Crippen LogP contribution in [0.25, 0.3) is 0 Å². The van der Waals surface area contributed by atoms with Gasteiger partial charge in [-0.05, 0) is 13.8 Å². The molecule has 0 atom stereocenters. The first-order valence-electron chi connectivity index (χ1n) is 3.43. The maximum atomic E-state index is 8.62. The lowest BCUT2D eigenvalue weighted by molar-refractivity contribution is 0.642. The Bertz CT molecular complexity index is 305. The summed E-state index contributed by atoms with van der Waals surface area (Å²) in [4.78, 5) is 0. The highest BCUT2D eigenvalue weighted by Crippen LogP contribution is 2.13. The second-order valence-corrected chi connectivity index (χ2v) is 2.27. The van der Waals surface area contributed by atoms with Gasteiger partial charge in [0.1, 0.15) is 11.6 Å². The topological polar surface area (TPSA) is 67.6 Å². The summed E-state index contributed by atoms with van der Waals surface area (Å²) in [6.07, 6.45) is 0. The van der Waals surface area contributed by atoms with Crippen molar-refractivity contribution in [3.05, 3.63) is 11.3 Å². The van der Waals surface area contributed by atoms with Crippen LogP contribution in [0, 0.1) is 18.3 Å². The van der Waals surface area contributed by atoms with Crippen molar-refractivity contribution in [3.8, 4) is 6.07 Å². The fourth-order valence-electron chi connectivity index (χ4n) is 1.02. The van der Waals surface area contributed by atoms with E-state index in [1.807, 2.05) is 19.9 Å². The number of aryl methyl sites for hydroxylation is 1. The Hall–Kier alpha value is -1.50. The van der Waals surface area contributed by atoms with Gasteiger partial charge in [-0.25, -0.2) is 0 Å². The predicted molar refractivity (Wildman–Crippen MR) is 41.8 cm³/mol. The first-order chi connectivity index (χ1) is 5.20. The van der Waals surface area contributed by atoms with Crippen molar-refractivity contribution >= 4 is 5.82 Å². The SMILES string of the molecule is CCn1nc(N)c(C#N)c1C. The summed E-state index contributed by atoms with van der Waals surface area (Å²) in [7, 11) is 0. The molecular formula is C7H10N4. The number of nitriles is 1. The largest absolute Gasteiger partial charge is 0.381 e. The minimum atomic E-state index is 0.326. The molecule has 0 amide bonds. The molecule has 1 aromatic heterocycles. The number of nitrogens with two attached hydrogens (primary N) is 1. The average Bonchev–Trinajstić information content (AvgIpc) is 2.26. The lowest BCUT2D eigenvalue weighted by Crippen LogP contribution is -1.99. The van der Waals surface area contributed by atoms with Crippen LogP contribution < -0.4 is 5.73 Å². The van der Waals surface area contributed by atoms with Crippen LogP contribution in [0.1, 0.15) is 18.2 Å². The Balaban J connectivity index is 3.28. The Morgan fingerprint density at radius 3 is 2.64 bits per heavy atom. The van der Waals surface area contributed by atoms with E-state index < -0.39 is 0 Å². The second kappa shape index (κ2) is 2.62. The van der Waals surface area contributed by atoms with E-state index in [1.165, 1.54) is 0 Å². The summed E-state index contributed by atoms with van der Waals surface area (Å²) < 4.78 is 1.72. The molecule has 0 radical (unpaired) electrons. The second-order valence-electron chi connectivity index (χ2n) is 2.27. The molecule has 11 heavy (non-hydrogen) atoms. The zero-order valence-corrected chi connectivity index (χ0v) is 6.63. The number of hydrogen-bond acceptors (Lipinski definition) is 3. The molecule has 4 heteroatoms. The van der Waals surface area contributed by atoms with Crippen LogP contribution in [-0.2, 0) is 6.54 Å². The number of aromatic nitrogens is 2. The van der Waals surface area contributed by atoms with E-state index in [4.69, 9.17) is 11.0 Å². The molecule has 0 saturated carbocycles. The van der Waals surface area contributed by atoms with Crippen LogP contribution in [0.5, 0.6) is 0 Å². The maximum absolute atomic E-state index is 8.62. The van der Waals surface area contributed by atoms with Crippen LogP contribution in [0.3, 0.4) is 0 Å². The van der Waals surface area contributed by atoms with Crippen molar-refractivity contribution in [1.29, 1.82) is 5.26 Å². The normalized spacial score (nSPS) is 9.55. The highest BCUT2D eigenvalue weighted by atomic mass is 15.3. The van der Waals surface area contributed by atoms with Gasteiger partial charge in [-0.15, -0.1) is 0 Å². The van der Waals surface area contributed by atoms with Gasteiger partial charge in [0.25, 0.3) is 0 Å². The lowest BCUT2D eigenvalue weighted by Gasteiger charge is -1.95. The van der Waals surface area contributed by atoms with Crippen LogP contribution in [-0.4, -0.2) is 9.78 Å². The van der Waals surface area contributed by atoms with Gasteiger partial charge in [-0.3, -0.25) is 4.68 Å². The van der Waals surface area contributed by atoms with E-state index in [0.717, 1.165) is 12.2 Å². The van der Waals surface area contributed by atoms with E-state index in [0.29, 0.717) is 11.4 Å². The summed E-state index contributed by atoms with van der Waals surface area (Å²) in [5.74, 6) is 0.326. The third kappa shape index (κ3) is 1.05. The van der Waals surface area contributed by atoms with Crippen LogP contribution >= 0.6 is 0 Å². The fraction of sp³-hybridized carbons (Fsp3) is 0.429. The van der Waals surface area contributed by atoms with Gasteiger partial charge >= 0.3 is 0 Å². The monoisotopic (exact) mass is 150 g/mol. The van der Waals surface area contributed by atoms with Crippen LogP contribution in [0.2, 0.25) is 0 Å². The standard InChI is InChI=1S/C7H10N4/c1-3-11-5(2)6(4-8)7(9)10-11/h3H2,1-2H3,(H2,9,10). The summed E-state index contributed by atoms with van der Waals surface area (Å²) in [6.45, 7) is 4.55. The average molecular weight is 150 g/mol. The molecule has 0 spiro atoms.